The molecular weight excluding hydrogens is 332 g/mol. The Balaban J connectivity index is 1.64. The molecule has 1 saturated heterocycles. The van der Waals surface area contributed by atoms with Crippen LogP contribution in [0.4, 0.5) is 0 Å². The van der Waals surface area contributed by atoms with Crippen molar-refractivity contribution in [2.45, 2.75) is 25.8 Å². The normalized spacial score (nSPS) is 19.9. The van der Waals surface area contributed by atoms with Gasteiger partial charge in [0.1, 0.15) is 0 Å². The van der Waals surface area contributed by atoms with Crippen molar-refractivity contribution in [2.75, 3.05) is 31.6 Å². The molecule has 2 rings (SSSR count). The largest absolute Gasteiger partial charge is 0.459 e. The Hall–Kier alpha value is -2.03. The maximum atomic E-state index is 11.9. The minimum Gasteiger partial charge on any atom is -0.459 e. The number of sulfone groups is 1. The van der Waals surface area contributed by atoms with E-state index in [2.05, 4.69) is 20.9 Å². The predicted octanol–water partition coefficient (Wildman–Crippen LogP) is 0.0600. The minimum absolute atomic E-state index is 0.0946. The molecule has 1 atom stereocenters. The number of nitrogens with one attached hydrogen (secondary N) is 3. The number of nitrogens with zero attached hydrogens (tertiary/aromatic N) is 1. The van der Waals surface area contributed by atoms with Crippen molar-refractivity contribution in [1.82, 2.24) is 16.0 Å². The fourth-order valence-electron chi connectivity index (χ4n) is 2.48. The van der Waals surface area contributed by atoms with Crippen LogP contribution in [0.25, 0.3) is 0 Å². The van der Waals surface area contributed by atoms with Gasteiger partial charge in [-0.25, -0.2) is 8.42 Å². The van der Waals surface area contributed by atoms with E-state index in [1.165, 1.54) is 6.26 Å². The Bertz CT molecular complexity index is 696. The molecule has 1 aliphatic rings. The number of aryl methyl sites for hydroxylation is 1. The van der Waals surface area contributed by atoms with Crippen molar-refractivity contribution >= 4 is 21.7 Å². The number of rotatable bonds is 6. The molecule has 1 fully saturated rings. The lowest BCUT2D eigenvalue weighted by atomic mass is 10.2. The molecule has 1 aromatic heterocycles. The topological polar surface area (TPSA) is 113 Å². The van der Waals surface area contributed by atoms with E-state index in [9.17, 15) is 13.2 Å². The van der Waals surface area contributed by atoms with Gasteiger partial charge in [0.15, 0.2) is 21.6 Å². The van der Waals surface area contributed by atoms with Gasteiger partial charge in [-0.3, -0.25) is 9.79 Å². The van der Waals surface area contributed by atoms with E-state index >= 15 is 0 Å². The van der Waals surface area contributed by atoms with Crippen LogP contribution in [0, 0.1) is 6.92 Å². The van der Waals surface area contributed by atoms with Crippen LogP contribution in [0.5, 0.6) is 0 Å². The van der Waals surface area contributed by atoms with Gasteiger partial charge in [0.25, 0.3) is 5.91 Å². The zero-order valence-electron chi connectivity index (χ0n) is 14.0. The van der Waals surface area contributed by atoms with Gasteiger partial charge in [-0.1, -0.05) is 0 Å². The van der Waals surface area contributed by atoms with E-state index < -0.39 is 9.84 Å². The molecule has 8 nitrogen and oxygen atoms in total. The summed E-state index contributed by atoms with van der Waals surface area (Å²) in [6, 6.07) is 1.65. The number of hydrogen-bond donors (Lipinski definition) is 3. The Labute approximate surface area is 142 Å². The van der Waals surface area contributed by atoms with Crippen LogP contribution < -0.4 is 16.0 Å². The molecule has 1 amide bonds. The second kappa shape index (κ2) is 8.18. The van der Waals surface area contributed by atoms with E-state index in [-0.39, 0.29) is 23.5 Å². The number of amides is 1. The van der Waals surface area contributed by atoms with E-state index in [4.69, 9.17) is 4.42 Å². The number of hydrogen-bond acceptors (Lipinski definition) is 5. The fraction of sp³-hybridized carbons (Fsp3) is 0.600. The molecular formula is C15H24N4O4S. The third kappa shape index (κ3) is 5.26. The van der Waals surface area contributed by atoms with Crippen molar-refractivity contribution in [3.63, 3.8) is 0 Å². The highest BCUT2D eigenvalue weighted by atomic mass is 32.2. The summed E-state index contributed by atoms with van der Waals surface area (Å²) in [5.41, 5.74) is 0.807. The Morgan fingerprint density at radius 3 is 2.71 bits per heavy atom. The molecule has 0 bridgehead atoms. The van der Waals surface area contributed by atoms with Gasteiger partial charge in [0.2, 0.25) is 0 Å². The second-order valence-electron chi connectivity index (χ2n) is 5.79. The van der Waals surface area contributed by atoms with Crippen LogP contribution >= 0.6 is 0 Å². The van der Waals surface area contributed by atoms with Gasteiger partial charge in [0, 0.05) is 31.7 Å². The average Bonchev–Trinajstić information content (AvgIpc) is 3.10. The van der Waals surface area contributed by atoms with Crippen LogP contribution in [0.1, 0.15) is 29.0 Å². The highest BCUT2D eigenvalue weighted by Gasteiger charge is 2.28. The molecule has 1 aromatic rings. The number of guanidine groups is 1. The van der Waals surface area contributed by atoms with Gasteiger partial charge < -0.3 is 20.4 Å². The monoisotopic (exact) mass is 356 g/mol. The van der Waals surface area contributed by atoms with E-state index in [1.807, 2.05) is 6.92 Å². The average molecular weight is 356 g/mol. The third-order valence-electron chi connectivity index (χ3n) is 3.80. The molecule has 1 unspecified atom stereocenters. The second-order valence-corrected chi connectivity index (χ2v) is 8.01. The number of furan rings is 1. The van der Waals surface area contributed by atoms with Gasteiger partial charge in [-0.15, -0.1) is 0 Å². The van der Waals surface area contributed by atoms with Crippen LogP contribution in [0.3, 0.4) is 0 Å². The molecule has 0 aromatic carbocycles. The standard InChI is InChI=1S/C15H24N4O4S/c1-11-4-8-23-13(11)14(20)17-6-3-7-18-15(16-2)19-12-5-9-24(21,22)10-12/h4,8,12H,3,5-7,9-10H2,1-2H3,(H,17,20)(H2,16,18,19). The molecule has 2 heterocycles. The lowest BCUT2D eigenvalue weighted by molar-refractivity contribution is 0.0925. The van der Waals surface area contributed by atoms with Crippen molar-refractivity contribution in [3.05, 3.63) is 23.7 Å². The maximum Gasteiger partial charge on any atom is 0.287 e. The molecule has 1 aliphatic heterocycles. The van der Waals surface area contributed by atoms with Crippen LogP contribution in [0.15, 0.2) is 21.7 Å². The number of carbonyl (C=O) groups excluding carboxylic acids is 1. The van der Waals surface area contributed by atoms with Gasteiger partial charge in [0.05, 0.1) is 17.8 Å². The molecule has 134 valence electrons. The zero-order valence-corrected chi connectivity index (χ0v) is 14.8. The minimum atomic E-state index is -2.91. The molecule has 24 heavy (non-hydrogen) atoms. The molecule has 0 radical (unpaired) electrons. The van der Waals surface area contributed by atoms with Crippen LogP contribution in [-0.2, 0) is 9.84 Å². The summed E-state index contributed by atoms with van der Waals surface area (Å²) in [5.74, 6) is 1.05. The lowest BCUT2D eigenvalue weighted by Crippen LogP contribution is -2.44. The molecule has 3 N–H and O–H groups in total. The highest BCUT2D eigenvalue weighted by molar-refractivity contribution is 7.91. The van der Waals surface area contributed by atoms with E-state index in [0.717, 1.165) is 5.56 Å². The molecule has 0 spiro atoms. The summed E-state index contributed by atoms with van der Waals surface area (Å²) in [4.78, 5) is 15.9. The van der Waals surface area contributed by atoms with Crippen molar-refractivity contribution in [3.8, 4) is 0 Å². The first kappa shape index (κ1) is 18.3. The first-order chi connectivity index (χ1) is 11.4. The van der Waals surface area contributed by atoms with Crippen molar-refractivity contribution < 1.29 is 17.6 Å². The number of aliphatic imine (C=N–C) groups is 1. The quantitative estimate of drug-likeness (QED) is 0.377. The Morgan fingerprint density at radius 1 is 1.38 bits per heavy atom. The predicted molar refractivity (Wildman–Crippen MR) is 92.0 cm³/mol. The Kier molecular flexibility index (Phi) is 6.24. The SMILES string of the molecule is CN=C(NCCCNC(=O)c1occc1C)NC1CCS(=O)(=O)C1. The van der Waals surface area contributed by atoms with Crippen molar-refractivity contribution in [2.24, 2.45) is 4.99 Å². The summed E-state index contributed by atoms with van der Waals surface area (Å²) in [5, 5.41) is 9.01. The fourth-order valence-corrected chi connectivity index (χ4v) is 4.15. The molecule has 0 aliphatic carbocycles. The van der Waals surface area contributed by atoms with Gasteiger partial charge in [-0.2, -0.15) is 0 Å². The zero-order chi connectivity index (χ0) is 17.6. The van der Waals surface area contributed by atoms with Gasteiger partial charge in [-0.05, 0) is 25.8 Å². The van der Waals surface area contributed by atoms with Crippen molar-refractivity contribution in [1.29, 1.82) is 0 Å². The summed E-state index contributed by atoms with van der Waals surface area (Å²) in [6.07, 6.45) is 2.79. The van der Waals surface area contributed by atoms with Crippen LogP contribution in [-0.4, -0.2) is 58.0 Å². The lowest BCUT2D eigenvalue weighted by Gasteiger charge is -2.16. The summed E-state index contributed by atoms with van der Waals surface area (Å²) < 4.78 is 28.0. The number of carbonyl (C=O) groups is 1. The Morgan fingerprint density at radius 2 is 2.12 bits per heavy atom. The molecule has 0 saturated carbocycles. The maximum absolute atomic E-state index is 11.9. The van der Waals surface area contributed by atoms with Gasteiger partial charge >= 0.3 is 0 Å². The smallest absolute Gasteiger partial charge is 0.287 e. The van der Waals surface area contributed by atoms with E-state index in [0.29, 0.717) is 37.7 Å². The molecule has 9 heteroatoms. The van der Waals surface area contributed by atoms with Crippen LogP contribution in [0.2, 0.25) is 0 Å². The highest BCUT2D eigenvalue weighted by Crippen LogP contribution is 2.11. The first-order valence-corrected chi connectivity index (χ1v) is 9.73. The third-order valence-corrected chi connectivity index (χ3v) is 5.56. The van der Waals surface area contributed by atoms with E-state index in [1.54, 1.807) is 13.1 Å². The summed E-state index contributed by atoms with van der Waals surface area (Å²) >= 11 is 0. The first-order valence-electron chi connectivity index (χ1n) is 7.91. The summed E-state index contributed by atoms with van der Waals surface area (Å²) in [6.45, 7) is 2.93. The summed E-state index contributed by atoms with van der Waals surface area (Å²) in [7, 11) is -1.28.